The van der Waals surface area contributed by atoms with Gasteiger partial charge in [-0.25, -0.2) is 4.68 Å². The fourth-order valence-corrected chi connectivity index (χ4v) is 3.03. The first-order chi connectivity index (χ1) is 14.0. The van der Waals surface area contributed by atoms with E-state index in [2.05, 4.69) is 16.0 Å². The number of hydrogen-bond donors (Lipinski definition) is 2. The molecule has 0 aliphatic heterocycles. The molecule has 0 fully saturated rings. The molecular weight excluding hydrogens is 368 g/mol. The molecule has 2 amide bonds. The van der Waals surface area contributed by atoms with E-state index in [0.717, 1.165) is 11.1 Å². The van der Waals surface area contributed by atoms with E-state index in [-0.39, 0.29) is 23.6 Å². The lowest BCUT2D eigenvalue weighted by atomic mass is 10.1. The van der Waals surface area contributed by atoms with E-state index in [4.69, 9.17) is 0 Å². The molecule has 2 N–H and O–H groups in total. The van der Waals surface area contributed by atoms with E-state index in [1.54, 1.807) is 24.3 Å². The summed E-state index contributed by atoms with van der Waals surface area (Å²) in [7, 11) is 0. The third-order valence-electron chi connectivity index (χ3n) is 4.60. The lowest BCUT2D eigenvalue weighted by molar-refractivity contribution is -0.121. The Morgan fingerprint density at radius 3 is 2.38 bits per heavy atom. The van der Waals surface area contributed by atoms with Crippen molar-refractivity contribution < 1.29 is 9.59 Å². The molecule has 1 heterocycles. The summed E-state index contributed by atoms with van der Waals surface area (Å²) in [6.07, 6.45) is 1.53. The van der Waals surface area contributed by atoms with Crippen molar-refractivity contribution in [3.63, 3.8) is 0 Å². The highest BCUT2D eigenvalue weighted by Gasteiger charge is 2.17. The van der Waals surface area contributed by atoms with Crippen LogP contribution >= 0.6 is 0 Å². The summed E-state index contributed by atoms with van der Waals surface area (Å²) in [4.78, 5) is 37.2. The Bertz CT molecular complexity index is 1090. The van der Waals surface area contributed by atoms with Crippen LogP contribution in [0.15, 0.2) is 53.3 Å². The van der Waals surface area contributed by atoms with Gasteiger partial charge in [-0.05, 0) is 31.4 Å². The van der Waals surface area contributed by atoms with E-state index in [9.17, 15) is 14.4 Å². The summed E-state index contributed by atoms with van der Waals surface area (Å²) < 4.78 is 1.29. The number of hydrazine groups is 1. The molecule has 29 heavy (non-hydrogen) atoms. The normalized spacial score (nSPS) is 10.7. The molecule has 0 bridgehead atoms. The summed E-state index contributed by atoms with van der Waals surface area (Å²) in [6.45, 7) is 4.34. The number of carbonyl (C=O) groups excluding carboxylic acids is 2. The SMILES string of the molecule is CCCn1nc(C(=O)NNC(=O)CCc2ccc(C)cc2)c2ccccc2c1=O. The maximum atomic E-state index is 12.6. The van der Waals surface area contributed by atoms with Crippen molar-refractivity contribution in [2.75, 3.05) is 0 Å². The number of carbonyl (C=O) groups is 2. The van der Waals surface area contributed by atoms with E-state index in [1.165, 1.54) is 4.68 Å². The van der Waals surface area contributed by atoms with Gasteiger partial charge in [0.15, 0.2) is 5.69 Å². The van der Waals surface area contributed by atoms with Gasteiger partial charge in [-0.2, -0.15) is 5.10 Å². The Labute approximate surface area is 168 Å². The minimum absolute atomic E-state index is 0.104. The Hall–Kier alpha value is -3.48. The van der Waals surface area contributed by atoms with Gasteiger partial charge in [0, 0.05) is 18.4 Å². The lowest BCUT2D eigenvalue weighted by Crippen LogP contribution is -2.42. The van der Waals surface area contributed by atoms with Crippen LogP contribution in [0.2, 0.25) is 0 Å². The van der Waals surface area contributed by atoms with Gasteiger partial charge in [-0.3, -0.25) is 25.2 Å². The quantitative estimate of drug-likeness (QED) is 0.631. The molecule has 0 saturated heterocycles. The summed E-state index contributed by atoms with van der Waals surface area (Å²) in [5, 5.41) is 5.09. The molecule has 2 aromatic carbocycles. The molecule has 150 valence electrons. The van der Waals surface area contributed by atoms with Crippen LogP contribution in [-0.2, 0) is 17.8 Å². The van der Waals surface area contributed by atoms with E-state index >= 15 is 0 Å². The molecule has 7 heteroatoms. The van der Waals surface area contributed by atoms with Gasteiger partial charge >= 0.3 is 0 Å². The number of fused-ring (bicyclic) bond motifs is 1. The molecule has 0 radical (unpaired) electrons. The lowest BCUT2D eigenvalue weighted by Gasteiger charge is -2.11. The average molecular weight is 392 g/mol. The second-order valence-electron chi connectivity index (χ2n) is 6.91. The first-order valence-electron chi connectivity index (χ1n) is 9.64. The minimum atomic E-state index is -0.560. The third kappa shape index (κ3) is 4.87. The Kier molecular flexibility index (Phi) is 6.39. The monoisotopic (exact) mass is 392 g/mol. The van der Waals surface area contributed by atoms with Crippen molar-refractivity contribution in [2.45, 2.75) is 39.7 Å². The zero-order chi connectivity index (χ0) is 20.8. The van der Waals surface area contributed by atoms with Crippen LogP contribution in [0.1, 0.15) is 41.4 Å². The van der Waals surface area contributed by atoms with Crippen molar-refractivity contribution in [3.8, 4) is 0 Å². The smallest absolute Gasteiger partial charge is 0.273 e. The first-order valence-corrected chi connectivity index (χ1v) is 9.64. The van der Waals surface area contributed by atoms with E-state index < -0.39 is 5.91 Å². The fraction of sp³-hybridized carbons (Fsp3) is 0.273. The number of hydrogen-bond acceptors (Lipinski definition) is 4. The van der Waals surface area contributed by atoms with Crippen molar-refractivity contribution in [1.29, 1.82) is 0 Å². The predicted molar refractivity (Wildman–Crippen MR) is 111 cm³/mol. The molecule has 3 rings (SSSR count). The molecule has 0 aliphatic rings. The van der Waals surface area contributed by atoms with Crippen molar-refractivity contribution >= 4 is 22.6 Å². The Balaban J connectivity index is 1.69. The minimum Gasteiger partial charge on any atom is -0.273 e. The van der Waals surface area contributed by atoms with Gasteiger partial charge in [-0.15, -0.1) is 0 Å². The highest BCUT2D eigenvalue weighted by molar-refractivity contribution is 6.05. The summed E-state index contributed by atoms with van der Waals surface area (Å²) >= 11 is 0. The molecule has 0 spiro atoms. The number of nitrogens with one attached hydrogen (secondary N) is 2. The Morgan fingerprint density at radius 1 is 1.00 bits per heavy atom. The highest BCUT2D eigenvalue weighted by Crippen LogP contribution is 2.13. The average Bonchev–Trinajstić information content (AvgIpc) is 2.73. The largest absolute Gasteiger partial charge is 0.290 e. The number of aromatic nitrogens is 2. The van der Waals surface area contributed by atoms with Gasteiger partial charge in [0.1, 0.15) is 0 Å². The molecule has 7 nitrogen and oxygen atoms in total. The van der Waals surface area contributed by atoms with Crippen LogP contribution in [0, 0.1) is 6.92 Å². The summed E-state index contributed by atoms with van der Waals surface area (Å²) in [6, 6.07) is 14.8. The van der Waals surface area contributed by atoms with Gasteiger partial charge in [0.2, 0.25) is 5.91 Å². The second-order valence-corrected chi connectivity index (χ2v) is 6.91. The van der Waals surface area contributed by atoms with Gasteiger partial charge in [-0.1, -0.05) is 55.0 Å². The second kappa shape index (κ2) is 9.14. The maximum Gasteiger partial charge on any atom is 0.290 e. The molecule has 1 aromatic heterocycles. The topological polar surface area (TPSA) is 93.1 Å². The zero-order valence-electron chi connectivity index (χ0n) is 16.6. The van der Waals surface area contributed by atoms with Gasteiger partial charge < -0.3 is 0 Å². The third-order valence-corrected chi connectivity index (χ3v) is 4.60. The number of amides is 2. The molecular formula is C22H24N4O3. The van der Waals surface area contributed by atoms with Crippen LogP contribution < -0.4 is 16.4 Å². The van der Waals surface area contributed by atoms with Crippen molar-refractivity contribution in [1.82, 2.24) is 20.6 Å². The van der Waals surface area contributed by atoms with Crippen LogP contribution in [0.5, 0.6) is 0 Å². The molecule has 0 saturated carbocycles. The van der Waals surface area contributed by atoms with Crippen molar-refractivity contribution in [3.05, 3.63) is 75.7 Å². The van der Waals surface area contributed by atoms with E-state index in [1.807, 2.05) is 38.1 Å². The van der Waals surface area contributed by atoms with Crippen LogP contribution in [0.4, 0.5) is 0 Å². The van der Waals surface area contributed by atoms with Crippen molar-refractivity contribution in [2.24, 2.45) is 0 Å². The van der Waals surface area contributed by atoms with E-state index in [0.29, 0.717) is 30.2 Å². The number of aryl methyl sites for hydroxylation is 3. The molecule has 0 atom stereocenters. The highest BCUT2D eigenvalue weighted by atomic mass is 16.2. The van der Waals surface area contributed by atoms with Gasteiger partial charge in [0.05, 0.1) is 5.39 Å². The molecule has 3 aromatic rings. The number of benzene rings is 2. The number of rotatable bonds is 6. The van der Waals surface area contributed by atoms with Gasteiger partial charge in [0.25, 0.3) is 11.5 Å². The standard InChI is InChI=1S/C22H24N4O3/c1-3-14-26-22(29)18-7-5-4-6-17(18)20(25-26)21(28)24-23-19(27)13-12-16-10-8-15(2)9-11-16/h4-11H,3,12-14H2,1-2H3,(H,23,27)(H,24,28). The van der Waals surface area contributed by atoms with Crippen LogP contribution in [-0.4, -0.2) is 21.6 Å². The predicted octanol–water partition coefficient (Wildman–Crippen LogP) is 2.51. The Morgan fingerprint density at radius 2 is 1.69 bits per heavy atom. The molecule has 0 aliphatic carbocycles. The zero-order valence-corrected chi connectivity index (χ0v) is 16.6. The maximum absolute atomic E-state index is 12.6. The summed E-state index contributed by atoms with van der Waals surface area (Å²) in [5.74, 6) is -0.861. The first kappa shape index (κ1) is 20.3. The molecule has 0 unspecified atom stereocenters. The van der Waals surface area contributed by atoms with Crippen LogP contribution in [0.25, 0.3) is 10.8 Å². The number of nitrogens with zero attached hydrogens (tertiary/aromatic N) is 2. The summed E-state index contributed by atoms with van der Waals surface area (Å²) in [5.41, 5.74) is 6.92. The fourth-order valence-electron chi connectivity index (χ4n) is 3.03. The van der Waals surface area contributed by atoms with Crippen LogP contribution in [0.3, 0.4) is 0 Å².